The molecule has 5 rings (SSSR count). The number of benzene rings is 3. The first kappa shape index (κ1) is 30.2. The molecule has 4 unspecified atom stereocenters. The predicted molar refractivity (Wildman–Crippen MR) is 161 cm³/mol. The van der Waals surface area contributed by atoms with Gasteiger partial charge in [0, 0.05) is 18.2 Å². The zero-order chi connectivity index (χ0) is 29.1. The van der Waals surface area contributed by atoms with E-state index in [0.29, 0.717) is 23.2 Å². The summed E-state index contributed by atoms with van der Waals surface area (Å²) in [5.41, 5.74) is 9.52. The van der Waals surface area contributed by atoms with Crippen molar-refractivity contribution in [1.29, 1.82) is 0 Å². The second-order valence-corrected chi connectivity index (χ2v) is 11.9. The highest BCUT2D eigenvalue weighted by atomic mass is 19.4. The average Bonchev–Trinajstić information content (AvgIpc) is 3.35. The first-order valence-corrected chi connectivity index (χ1v) is 14.9. The van der Waals surface area contributed by atoms with Crippen LogP contribution in [0.1, 0.15) is 85.8 Å². The van der Waals surface area contributed by atoms with Gasteiger partial charge in [-0.15, -0.1) is 0 Å². The second-order valence-electron chi connectivity index (χ2n) is 11.9. The molecule has 0 radical (unpaired) electrons. The van der Waals surface area contributed by atoms with Crippen LogP contribution < -0.4 is 5.73 Å². The van der Waals surface area contributed by atoms with E-state index >= 15 is 13.2 Å². The van der Waals surface area contributed by atoms with Crippen LogP contribution in [0.25, 0.3) is 0 Å². The molecule has 3 aromatic carbocycles. The standard InChI is InChI=1S/C33H39F3N2.C2H6/c1-22-6-15-30-27(19-22)20-29(31(32(30,3)33(34,35)36)26-11-13-28(37)14-12-26)25-9-7-24(8-10-25)5-4-17-38-18-16-23(2)21-38;1-2/h6-15,19,23,29,31H,4-5,16-18,20-21,37H2,1-3H3;1-2H3. The highest BCUT2D eigenvalue weighted by molar-refractivity contribution is 5.51. The summed E-state index contributed by atoms with van der Waals surface area (Å²) < 4.78 is 45.4. The summed E-state index contributed by atoms with van der Waals surface area (Å²) in [6, 6.07) is 20.8. The molecule has 1 aliphatic carbocycles. The summed E-state index contributed by atoms with van der Waals surface area (Å²) in [4.78, 5) is 2.54. The summed E-state index contributed by atoms with van der Waals surface area (Å²) in [5.74, 6) is -0.281. The predicted octanol–water partition coefficient (Wildman–Crippen LogP) is 8.82. The van der Waals surface area contributed by atoms with Crippen LogP contribution in [-0.2, 0) is 18.3 Å². The van der Waals surface area contributed by atoms with Gasteiger partial charge in [-0.25, -0.2) is 0 Å². The highest BCUT2D eigenvalue weighted by Crippen LogP contribution is 2.60. The van der Waals surface area contributed by atoms with Crippen LogP contribution >= 0.6 is 0 Å². The Morgan fingerprint density at radius 2 is 1.60 bits per heavy atom. The van der Waals surface area contributed by atoms with E-state index in [1.54, 1.807) is 36.4 Å². The van der Waals surface area contributed by atoms with Crippen LogP contribution in [-0.4, -0.2) is 30.7 Å². The lowest BCUT2D eigenvalue weighted by Crippen LogP contribution is -2.50. The van der Waals surface area contributed by atoms with Crippen molar-refractivity contribution >= 4 is 5.69 Å². The van der Waals surface area contributed by atoms with Crippen LogP contribution in [0.5, 0.6) is 0 Å². The van der Waals surface area contributed by atoms with Crippen molar-refractivity contribution in [2.45, 2.75) is 83.7 Å². The van der Waals surface area contributed by atoms with Crippen molar-refractivity contribution in [1.82, 2.24) is 4.90 Å². The smallest absolute Gasteiger partial charge is 0.398 e. The number of hydrogen-bond acceptors (Lipinski definition) is 2. The third-order valence-electron chi connectivity index (χ3n) is 9.02. The van der Waals surface area contributed by atoms with Gasteiger partial charge < -0.3 is 10.6 Å². The van der Waals surface area contributed by atoms with Crippen LogP contribution in [0.15, 0.2) is 66.7 Å². The Hall–Kier alpha value is -2.79. The summed E-state index contributed by atoms with van der Waals surface area (Å²) in [5, 5.41) is 0. The monoisotopic (exact) mass is 550 g/mol. The Bertz CT molecular complexity index is 1250. The fourth-order valence-corrected chi connectivity index (χ4v) is 6.90. The second kappa shape index (κ2) is 12.4. The van der Waals surface area contributed by atoms with E-state index in [0.717, 1.165) is 42.0 Å². The number of likely N-dealkylation sites (tertiary alicyclic amines) is 1. The van der Waals surface area contributed by atoms with Crippen molar-refractivity contribution in [3.8, 4) is 0 Å². The van der Waals surface area contributed by atoms with E-state index in [9.17, 15) is 0 Å². The zero-order valence-corrected chi connectivity index (χ0v) is 24.7. The Labute approximate surface area is 238 Å². The summed E-state index contributed by atoms with van der Waals surface area (Å²) in [7, 11) is 0. The molecule has 2 N–H and O–H groups in total. The molecule has 0 spiro atoms. The molecule has 0 amide bonds. The molecule has 216 valence electrons. The minimum Gasteiger partial charge on any atom is -0.399 e. The third-order valence-corrected chi connectivity index (χ3v) is 9.02. The number of fused-ring (bicyclic) bond motifs is 1. The SMILES string of the molecule is CC.Cc1ccc2c(c1)CC(c1ccc(CCCN3CCC(C)C3)cc1)C(c1ccc(N)cc1)C2(C)C(F)(F)F. The lowest BCUT2D eigenvalue weighted by atomic mass is 9.56. The van der Waals surface area contributed by atoms with Crippen LogP contribution in [0.4, 0.5) is 18.9 Å². The lowest BCUT2D eigenvalue weighted by molar-refractivity contribution is -0.196. The van der Waals surface area contributed by atoms with Gasteiger partial charge in [0.2, 0.25) is 0 Å². The van der Waals surface area contributed by atoms with Crippen molar-refractivity contribution in [2.24, 2.45) is 5.92 Å². The van der Waals surface area contributed by atoms with Gasteiger partial charge in [0.25, 0.3) is 0 Å². The molecule has 5 heteroatoms. The van der Waals surface area contributed by atoms with Crippen LogP contribution in [0, 0.1) is 12.8 Å². The average molecular weight is 551 g/mol. The summed E-state index contributed by atoms with van der Waals surface area (Å²) in [6.45, 7) is 13.1. The number of nitrogen functional groups attached to an aromatic ring is 1. The molecule has 1 aliphatic heterocycles. The molecule has 0 saturated carbocycles. The molecular formula is C35H45F3N2. The number of aryl methyl sites for hydroxylation is 2. The number of nitrogens with two attached hydrogens (primary N) is 1. The quantitative estimate of drug-likeness (QED) is 0.311. The number of alkyl halides is 3. The van der Waals surface area contributed by atoms with Crippen molar-refractivity contribution in [3.05, 3.63) is 100 Å². The number of halogens is 3. The number of hydrogen-bond donors (Lipinski definition) is 1. The van der Waals surface area contributed by atoms with E-state index in [1.807, 2.05) is 26.8 Å². The Morgan fingerprint density at radius 3 is 2.20 bits per heavy atom. The molecule has 1 fully saturated rings. The molecular weight excluding hydrogens is 505 g/mol. The Morgan fingerprint density at radius 1 is 0.950 bits per heavy atom. The van der Waals surface area contributed by atoms with E-state index in [-0.39, 0.29) is 5.92 Å². The normalized spacial score (nSPS) is 24.8. The molecule has 2 nitrogen and oxygen atoms in total. The molecule has 1 heterocycles. The Balaban J connectivity index is 0.00000181. The third kappa shape index (κ3) is 6.10. The maximum absolute atomic E-state index is 15.1. The van der Waals surface area contributed by atoms with Gasteiger partial charge in [0.15, 0.2) is 0 Å². The van der Waals surface area contributed by atoms with E-state index < -0.39 is 17.5 Å². The van der Waals surface area contributed by atoms with E-state index in [4.69, 9.17) is 5.73 Å². The van der Waals surface area contributed by atoms with Crippen LogP contribution in [0.3, 0.4) is 0 Å². The summed E-state index contributed by atoms with van der Waals surface area (Å²) in [6.07, 6.45) is -0.481. The first-order chi connectivity index (χ1) is 19.1. The maximum Gasteiger partial charge on any atom is 0.398 e. The van der Waals surface area contributed by atoms with Gasteiger partial charge in [-0.1, -0.05) is 80.9 Å². The maximum atomic E-state index is 15.1. The fraction of sp³-hybridized carbons (Fsp3) is 0.486. The first-order valence-electron chi connectivity index (χ1n) is 14.9. The van der Waals surface area contributed by atoms with E-state index in [2.05, 4.69) is 36.1 Å². The van der Waals surface area contributed by atoms with E-state index in [1.165, 1.54) is 32.0 Å². The number of anilines is 1. The highest BCUT2D eigenvalue weighted by Gasteiger charge is 2.61. The molecule has 3 aromatic rings. The summed E-state index contributed by atoms with van der Waals surface area (Å²) >= 11 is 0. The molecule has 4 atom stereocenters. The van der Waals surface area contributed by atoms with Crippen molar-refractivity contribution < 1.29 is 13.2 Å². The van der Waals surface area contributed by atoms with Crippen molar-refractivity contribution in [2.75, 3.05) is 25.4 Å². The minimum atomic E-state index is -4.42. The van der Waals surface area contributed by atoms with Gasteiger partial charge in [-0.05, 0) is 104 Å². The number of nitrogens with zero attached hydrogens (tertiary/aromatic N) is 1. The topological polar surface area (TPSA) is 29.3 Å². The van der Waals surface area contributed by atoms with Crippen LogP contribution in [0.2, 0.25) is 0 Å². The molecule has 1 saturated heterocycles. The number of rotatable bonds is 6. The van der Waals surface area contributed by atoms with Gasteiger partial charge in [0.1, 0.15) is 0 Å². The zero-order valence-electron chi connectivity index (χ0n) is 24.7. The molecule has 2 aliphatic rings. The molecule has 0 aromatic heterocycles. The molecule has 0 bridgehead atoms. The van der Waals surface area contributed by atoms with Gasteiger partial charge >= 0.3 is 6.18 Å². The Kier molecular flexibility index (Phi) is 9.34. The fourth-order valence-electron chi connectivity index (χ4n) is 6.90. The van der Waals surface area contributed by atoms with Crippen molar-refractivity contribution in [3.63, 3.8) is 0 Å². The molecule has 40 heavy (non-hydrogen) atoms. The minimum absolute atomic E-state index is 0.306. The largest absolute Gasteiger partial charge is 0.399 e. The lowest BCUT2D eigenvalue weighted by Gasteiger charge is -2.48. The van der Waals surface area contributed by atoms with Gasteiger partial charge in [-0.2, -0.15) is 13.2 Å². The van der Waals surface area contributed by atoms with Gasteiger partial charge in [-0.3, -0.25) is 0 Å². The van der Waals surface area contributed by atoms with Gasteiger partial charge in [0.05, 0.1) is 5.41 Å².